The van der Waals surface area contributed by atoms with Crippen molar-refractivity contribution in [1.29, 1.82) is 0 Å². The van der Waals surface area contributed by atoms with E-state index in [0.717, 1.165) is 5.56 Å². The zero-order valence-electron chi connectivity index (χ0n) is 31.0. The van der Waals surface area contributed by atoms with Gasteiger partial charge in [-0.2, -0.15) is 5.10 Å². The van der Waals surface area contributed by atoms with Crippen molar-refractivity contribution < 1.29 is 24.0 Å². The zero-order valence-corrected chi connectivity index (χ0v) is 31.0. The summed E-state index contributed by atoms with van der Waals surface area (Å²) in [6, 6.07) is 6.33. The average Bonchev–Trinajstić information content (AvgIpc) is 3.73. The highest BCUT2D eigenvalue weighted by molar-refractivity contribution is 6.00. The molecule has 3 N–H and O–H groups in total. The number of benzene rings is 1. The van der Waals surface area contributed by atoms with E-state index in [2.05, 4.69) is 37.9 Å². The highest BCUT2D eigenvalue weighted by Gasteiger charge is 2.42. The first-order valence-corrected chi connectivity index (χ1v) is 17.4. The van der Waals surface area contributed by atoms with Crippen LogP contribution in [0.3, 0.4) is 0 Å². The monoisotopic (exact) mass is 698 g/mol. The second-order valence-corrected chi connectivity index (χ2v) is 14.6. The van der Waals surface area contributed by atoms with Gasteiger partial charge in [-0.05, 0) is 87.6 Å². The average molecular weight is 699 g/mol. The number of amides is 5. The fourth-order valence-electron chi connectivity index (χ4n) is 5.95. The SMILES string of the molecule is Cc1ccc(C(=O)N[C@H](C(=O)N2CCC[C@H]2C(=O)NC(C)(C)C(=O)N[C@@H](CC(C)C)C(=O)N(C)C)C(C)C)cc1C#Cc1cnc2cccnn12. The Kier molecular flexibility index (Phi) is 12.2. The number of imidazole rings is 1. The van der Waals surface area contributed by atoms with Crippen LogP contribution in [0.4, 0.5) is 0 Å². The van der Waals surface area contributed by atoms with Gasteiger partial charge in [0.2, 0.25) is 23.6 Å². The molecule has 1 saturated heterocycles. The molecule has 0 spiro atoms. The maximum absolute atomic E-state index is 14.0. The van der Waals surface area contributed by atoms with Crippen molar-refractivity contribution in [2.75, 3.05) is 20.6 Å². The molecule has 1 aliphatic heterocycles. The second-order valence-electron chi connectivity index (χ2n) is 14.6. The molecular weight excluding hydrogens is 648 g/mol. The van der Waals surface area contributed by atoms with Crippen molar-refractivity contribution in [3.05, 3.63) is 65.1 Å². The molecular formula is C38H50N8O5. The van der Waals surface area contributed by atoms with E-state index in [-0.39, 0.29) is 23.7 Å². The summed E-state index contributed by atoms with van der Waals surface area (Å²) in [6.45, 7) is 13.0. The molecule has 3 atom stereocenters. The van der Waals surface area contributed by atoms with Crippen molar-refractivity contribution in [3.63, 3.8) is 0 Å². The molecule has 0 bridgehead atoms. The highest BCUT2D eigenvalue weighted by Crippen LogP contribution is 2.22. The van der Waals surface area contributed by atoms with E-state index < -0.39 is 41.4 Å². The number of hydrogen-bond acceptors (Lipinski definition) is 7. The number of aromatic nitrogens is 3. The number of likely N-dealkylation sites (N-methyl/N-ethyl adjacent to an activating group) is 1. The van der Waals surface area contributed by atoms with E-state index >= 15 is 0 Å². The fraction of sp³-hybridized carbons (Fsp3) is 0.500. The Hall–Kier alpha value is -5.25. The van der Waals surface area contributed by atoms with Crippen molar-refractivity contribution >= 4 is 35.2 Å². The number of likely N-dealkylation sites (tertiary alicyclic amines) is 1. The van der Waals surface area contributed by atoms with Crippen molar-refractivity contribution in [2.45, 2.75) is 91.4 Å². The molecule has 1 aliphatic rings. The molecule has 272 valence electrons. The minimum absolute atomic E-state index is 0.151. The van der Waals surface area contributed by atoms with Crippen LogP contribution in [0, 0.1) is 30.6 Å². The lowest BCUT2D eigenvalue weighted by molar-refractivity contribution is -0.143. The number of aryl methyl sites for hydroxylation is 1. The summed E-state index contributed by atoms with van der Waals surface area (Å²) in [4.78, 5) is 74.5. The zero-order chi connectivity index (χ0) is 37.6. The van der Waals surface area contributed by atoms with Crippen LogP contribution in [-0.2, 0) is 19.2 Å². The highest BCUT2D eigenvalue weighted by atomic mass is 16.2. The van der Waals surface area contributed by atoms with Gasteiger partial charge in [0.05, 0.1) is 6.20 Å². The number of carbonyl (C=O) groups is 5. The minimum atomic E-state index is -1.37. The molecule has 0 unspecified atom stereocenters. The molecule has 4 rings (SSSR count). The molecule has 5 amide bonds. The quantitative estimate of drug-likeness (QED) is 0.260. The van der Waals surface area contributed by atoms with Crippen molar-refractivity contribution in [3.8, 4) is 11.8 Å². The molecule has 3 aromatic rings. The number of carbonyl (C=O) groups excluding carboxylic acids is 5. The van der Waals surface area contributed by atoms with Gasteiger partial charge in [0, 0.05) is 38.0 Å². The molecule has 1 aromatic carbocycles. The largest absolute Gasteiger partial charge is 0.347 e. The third-order valence-corrected chi connectivity index (χ3v) is 8.92. The number of hydrogen-bond donors (Lipinski definition) is 3. The number of nitrogens with zero attached hydrogens (tertiary/aromatic N) is 5. The maximum Gasteiger partial charge on any atom is 0.251 e. The molecule has 13 nitrogen and oxygen atoms in total. The Labute approximate surface area is 299 Å². The Morgan fingerprint density at radius 3 is 2.43 bits per heavy atom. The predicted molar refractivity (Wildman–Crippen MR) is 193 cm³/mol. The summed E-state index contributed by atoms with van der Waals surface area (Å²) in [5.41, 5.74) is 1.77. The van der Waals surface area contributed by atoms with E-state index in [1.54, 1.807) is 69.1 Å². The van der Waals surface area contributed by atoms with Crippen LogP contribution in [0.2, 0.25) is 0 Å². The first kappa shape index (κ1) is 38.6. The van der Waals surface area contributed by atoms with Crippen LogP contribution in [0.1, 0.15) is 88.0 Å². The number of rotatable bonds is 11. The van der Waals surface area contributed by atoms with Crippen LogP contribution >= 0.6 is 0 Å². The van der Waals surface area contributed by atoms with Gasteiger partial charge in [-0.25, -0.2) is 9.50 Å². The topological polar surface area (TPSA) is 158 Å². The summed E-state index contributed by atoms with van der Waals surface area (Å²) in [7, 11) is 3.26. The predicted octanol–water partition coefficient (Wildman–Crippen LogP) is 2.70. The summed E-state index contributed by atoms with van der Waals surface area (Å²) < 4.78 is 1.64. The smallest absolute Gasteiger partial charge is 0.251 e. The summed E-state index contributed by atoms with van der Waals surface area (Å²) >= 11 is 0. The first-order valence-electron chi connectivity index (χ1n) is 17.4. The van der Waals surface area contributed by atoms with E-state index in [1.807, 2.05) is 40.7 Å². The summed E-state index contributed by atoms with van der Waals surface area (Å²) in [5.74, 6) is 4.05. The molecule has 0 radical (unpaired) electrons. The summed E-state index contributed by atoms with van der Waals surface area (Å²) in [6.07, 6.45) is 4.73. The third-order valence-electron chi connectivity index (χ3n) is 8.92. The standard InChI is InChI=1S/C38H50N8O5/c1-23(2)20-29(35(49)44(8)9)41-37(51)38(6,7)43-34(48)30-12-11-19-45(30)36(50)32(24(3)4)42-33(47)27-15-14-25(5)26(21-27)16-17-28-22-39-31-13-10-18-40-46(28)31/h10,13-15,18,21-24,29-30,32H,11-12,19-20H2,1-9H3,(H,41,51)(H,42,47)(H,43,48)/t29-,30-,32-/m0/s1. The van der Waals surface area contributed by atoms with E-state index in [0.29, 0.717) is 48.3 Å². The van der Waals surface area contributed by atoms with Crippen molar-refractivity contribution in [2.24, 2.45) is 11.8 Å². The normalized spacial score (nSPS) is 15.6. The third kappa shape index (κ3) is 9.31. The van der Waals surface area contributed by atoms with E-state index in [1.165, 1.54) is 9.80 Å². The molecule has 13 heteroatoms. The fourth-order valence-corrected chi connectivity index (χ4v) is 5.95. The van der Waals surface area contributed by atoms with Gasteiger partial charge in [0.15, 0.2) is 5.65 Å². The van der Waals surface area contributed by atoms with E-state index in [9.17, 15) is 24.0 Å². The summed E-state index contributed by atoms with van der Waals surface area (Å²) in [5, 5.41) is 12.8. The Morgan fingerprint density at radius 1 is 1.04 bits per heavy atom. The van der Waals surface area contributed by atoms with Gasteiger partial charge in [0.25, 0.3) is 5.91 Å². The molecule has 2 aromatic heterocycles. The Morgan fingerprint density at radius 2 is 1.76 bits per heavy atom. The lowest BCUT2D eigenvalue weighted by Crippen LogP contribution is -2.62. The van der Waals surface area contributed by atoms with Crippen LogP contribution in [-0.4, -0.2) is 98.2 Å². The lowest BCUT2D eigenvalue weighted by Gasteiger charge is -2.33. The molecule has 51 heavy (non-hydrogen) atoms. The molecule has 0 saturated carbocycles. The van der Waals surface area contributed by atoms with Crippen LogP contribution in [0.15, 0.2) is 42.7 Å². The van der Waals surface area contributed by atoms with Crippen LogP contribution < -0.4 is 16.0 Å². The van der Waals surface area contributed by atoms with Gasteiger partial charge >= 0.3 is 0 Å². The van der Waals surface area contributed by atoms with Gasteiger partial charge in [-0.15, -0.1) is 0 Å². The molecule has 1 fully saturated rings. The number of fused-ring (bicyclic) bond motifs is 1. The number of nitrogens with one attached hydrogen (secondary N) is 3. The van der Waals surface area contributed by atoms with Gasteiger partial charge in [-0.1, -0.05) is 39.7 Å². The van der Waals surface area contributed by atoms with Gasteiger partial charge in [-0.3, -0.25) is 24.0 Å². The Bertz CT molecular complexity index is 1850. The van der Waals surface area contributed by atoms with E-state index in [4.69, 9.17) is 0 Å². The second kappa shape index (κ2) is 16.2. The lowest BCUT2D eigenvalue weighted by atomic mass is 9.98. The minimum Gasteiger partial charge on any atom is -0.347 e. The first-order chi connectivity index (χ1) is 24.0. The van der Waals surface area contributed by atoms with Crippen molar-refractivity contribution in [1.82, 2.24) is 40.3 Å². The van der Waals surface area contributed by atoms with Crippen LogP contribution in [0.5, 0.6) is 0 Å². The maximum atomic E-state index is 14.0. The molecule has 0 aliphatic carbocycles. The van der Waals surface area contributed by atoms with Gasteiger partial charge in [0.1, 0.15) is 29.4 Å². The molecule has 3 heterocycles. The van der Waals surface area contributed by atoms with Crippen LogP contribution in [0.25, 0.3) is 5.65 Å². The van der Waals surface area contributed by atoms with Gasteiger partial charge < -0.3 is 25.8 Å². The Balaban J connectivity index is 1.46.